The third kappa shape index (κ3) is 10.2. The van der Waals surface area contributed by atoms with Gasteiger partial charge in [-0.3, -0.25) is 8.74 Å². The van der Waals surface area contributed by atoms with Crippen LogP contribution in [-0.4, -0.2) is 49.2 Å². The highest BCUT2D eigenvalue weighted by molar-refractivity contribution is 7.80. The van der Waals surface area contributed by atoms with Crippen molar-refractivity contribution in [2.75, 3.05) is 13.7 Å². The monoisotopic (exact) mass is 260 g/mol. The summed E-state index contributed by atoms with van der Waals surface area (Å²) in [5.74, 6) is -0.398. The van der Waals surface area contributed by atoms with Crippen LogP contribution in [0.5, 0.6) is 0 Å². The number of nitrogens with two attached hydrogens (primary N) is 2. The van der Waals surface area contributed by atoms with Gasteiger partial charge < -0.3 is 21.7 Å². The molecule has 0 spiro atoms. The minimum atomic E-state index is -4.16. The Morgan fingerprint density at radius 2 is 1.75 bits per heavy atom. The second kappa shape index (κ2) is 8.82. The largest absolute Gasteiger partial charge is 0.397 e. The number of rotatable bonds is 5. The Balaban J connectivity index is 0. The summed E-state index contributed by atoms with van der Waals surface area (Å²) in [5, 5.41) is 17.4. The molecule has 0 aromatic rings. The van der Waals surface area contributed by atoms with Gasteiger partial charge in [0.05, 0.1) is 7.11 Å². The van der Waals surface area contributed by atoms with Crippen LogP contribution in [0.1, 0.15) is 13.3 Å². The SMILES string of the molecule is CCC(N)C(CN)C(O)O.COS(=O)(=O)O. The molecule has 2 unspecified atom stereocenters. The molecule has 8 nitrogen and oxygen atoms in total. The molecule has 0 amide bonds. The molecule has 0 aromatic carbocycles. The molecule has 2 atom stereocenters. The van der Waals surface area contributed by atoms with Crippen LogP contribution in [0.25, 0.3) is 0 Å². The Morgan fingerprint density at radius 3 is 1.81 bits per heavy atom. The summed E-state index contributed by atoms with van der Waals surface area (Å²) < 4.78 is 29.7. The van der Waals surface area contributed by atoms with Crippen LogP contribution < -0.4 is 11.5 Å². The molecule has 0 heterocycles. The predicted molar refractivity (Wildman–Crippen MR) is 57.6 cm³/mol. The summed E-state index contributed by atoms with van der Waals surface area (Å²) in [5.41, 5.74) is 10.8. The minimum absolute atomic E-state index is 0.215. The quantitative estimate of drug-likeness (QED) is 0.282. The summed E-state index contributed by atoms with van der Waals surface area (Å²) in [7, 11) is -3.29. The fraction of sp³-hybridized carbons (Fsp3) is 1.00. The van der Waals surface area contributed by atoms with Crippen molar-refractivity contribution in [2.45, 2.75) is 25.7 Å². The van der Waals surface area contributed by atoms with Gasteiger partial charge in [-0.25, -0.2) is 0 Å². The first kappa shape index (κ1) is 18.1. The molecule has 0 saturated heterocycles. The second-order valence-corrected chi connectivity index (χ2v) is 4.17. The molecular formula is C7H20N2O6S. The van der Waals surface area contributed by atoms with E-state index in [2.05, 4.69) is 4.18 Å². The lowest BCUT2D eigenvalue weighted by molar-refractivity contribution is -0.0874. The fourth-order valence-electron chi connectivity index (χ4n) is 0.820. The minimum Gasteiger partial charge on any atom is -0.368 e. The van der Waals surface area contributed by atoms with E-state index in [1.165, 1.54) is 0 Å². The summed E-state index contributed by atoms with van der Waals surface area (Å²) in [6.07, 6.45) is -0.681. The first-order valence-electron chi connectivity index (χ1n) is 4.54. The van der Waals surface area contributed by atoms with Crippen molar-refractivity contribution >= 4 is 10.4 Å². The van der Waals surface area contributed by atoms with Crippen LogP contribution in [0.4, 0.5) is 0 Å². The van der Waals surface area contributed by atoms with Crippen LogP contribution in [-0.2, 0) is 14.6 Å². The molecular weight excluding hydrogens is 240 g/mol. The molecule has 100 valence electrons. The lowest BCUT2D eigenvalue weighted by Crippen LogP contribution is -2.42. The molecule has 0 aliphatic carbocycles. The van der Waals surface area contributed by atoms with E-state index in [4.69, 9.17) is 26.2 Å². The molecule has 0 bridgehead atoms. The van der Waals surface area contributed by atoms with Gasteiger partial charge in [-0.15, -0.1) is 0 Å². The fourth-order valence-corrected chi connectivity index (χ4v) is 0.820. The summed E-state index contributed by atoms with van der Waals surface area (Å²) in [6, 6.07) is -0.218. The highest BCUT2D eigenvalue weighted by Gasteiger charge is 2.20. The first-order chi connectivity index (χ1) is 7.19. The lowest BCUT2D eigenvalue weighted by Gasteiger charge is -2.22. The van der Waals surface area contributed by atoms with Gasteiger partial charge in [-0.1, -0.05) is 6.92 Å². The Labute approximate surface area is 95.2 Å². The average molecular weight is 260 g/mol. The Morgan fingerprint density at radius 1 is 1.38 bits per heavy atom. The molecule has 9 heteroatoms. The van der Waals surface area contributed by atoms with E-state index < -0.39 is 22.6 Å². The van der Waals surface area contributed by atoms with E-state index >= 15 is 0 Å². The van der Waals surface area contributed by atoms with Crippen LogP contribution in [0.3, 0.4) is 0 Å². The van der Waals surface area contributed by atoms with Crippen LogP contribution in [0.2, 0.25) is 0 Å². The number of aliphatic hydroxyl groups is 2. The highest BCUT2D eigenvalue weighted by Crippen LogP contribution is 2.06. The Kier molecular flexibility index (Phi) is 9.96. The van der Waals surface area contributed by atoms with Crippen LogP contribution in [0, 0.1) is 5.92 Å². The van der Waals surface area contributed by atoms with Crippen molar-refractivity contribution in [1.82, 2.24) is 0 Å². The van der Waals surface area contributed by atoms with Gasteiger partial charge in [0.25, 0.3) is 0 Å². The maximum atomic E-state index is 9.33. The standard InChI is InChI=1S/C6H16N2O2.CH4O4S/c1-2-5(8)4(3-7)6(9)10;1-5-6(2,3)4/h4-6,9-10H,2-3,7-8H2,1H3;1H3,(H,2,3,4). The van der Waals surface area contributed by atoms with Crippen molar-refractivity contribution < 1.29 is 27.4 Å². The van der Waals surface area contributed by atoms with Gasteiger partial charge in [0, 0.05) is 18.5 Å². The Hall–Kier alpha value is -0.290. The van der Waals surface area contributed by atoms with Gasteiger partial charge in [-0.2, -0.15) is 8.42 Å². The van der Waals surface area contributed by atoms with Gasteiger partial charge >= 0.3 is 10.4 Å². The molecule has 0 aliphatic rings. The summed E-state index contributed by atoms with van der Waals surface area (Å²) in [4.78, 5) is 0. The van der Waals surface area contributed by atoms with Gasteiger partial charge in [-0.05, 0) is 6.42 Å². The highest BCUT2D eigenvalue weighted by atomic mass is 32.3. The molecule has 7 N–H and O–H groups in total. The van der Waals surface area contributed by atoms with Crippen molar-refractivity contribution in [3.05, 3.63) is 0 Å². The maximum Gasteiger partial charge on any atom is 0.397 e. The van der Waals surface area contributed by atoms with Crippen LogP contribution in [0.15, 0.2) is 0 Å². The van der Waals surface area contributed by atoms with E-state index in [9.17, 15) is 8.42 Å². The smallest absolute Gasteiger partial charge is 0.368 e. The first-order valence-corrected chi connectivity index (χ1v) is 5.90. The normalized spacial score (nSPS) is 15.2. The second-order valence-electron chi connectivity index (χ2n) is 2.98. The molecule has 0 fully saturated rings. The lowest BCUT2D eigenvalue weighted by atomic mass is 9.98. The topological polar surface area (TPSA) is 156 Å². The Bertz CT molecular complexity index is 256. The predicted octanol–water partition coefficient (Wildman–Crippen LogP) is -1.96. The van der Waals surface area contributed by atoms with E-state index in [0.29, 0.717) is 6.42 Å². The van der Waals surface area contributed by atoms with Gasteiger partial charge in [0.1, 0.15) is 0 Å². The van der Waals surface area contributed by atoms with Crippen molar-refractivity contribution in [3.63, 3.8) is 0 Å². The number of aliphatic hydroxyl groups excluding tert-OH is 1. The third-order valence-corrected chi connectivity index (χ3v) is 2.31. The summed E-state index contributed by atoms with van der Waals surface area (Å²) in [6.45, 7) is 2.10. The van der Waals surface area contributed by atoms with E-state index in [1.807, 2.05) is 6.92 Å². The zero-order chi connectivity index (χ0) is 13.4. The van der Waals surface area contributed by atoms with E-state index in [-0.39, 0.29) is 12.6 Å². The molecule has 0 aromatic heterocycles. The molecule has 0 radical (unpaired) electrons. The van der Waals surface area contributed by atoms with Crippen molar-refractivity contribution in [1.29, 1.82) is 0 Å². The zero-order valence-corrected chi connectivity index (χ0v) is 10.1. The third-order valence-electron chi connectivity index (χ3n) is 1.89. The number of hydrogen-bond acceptors (Lipinski definition) is 7. The molecule has 0 saturated carbocycles. The molecule has 16 heavy (non-hydrogen) atoms. The van der Waals surface area contributed by atoms with E-state index in [0.717, 1.165) is 7.11 Å². The average Bonchev–Trinajstić information content (AvgIpc) is 2.18. The summed E-state index contributed by atoms with van der Waals surface area (Å²) >= 11 is 0. The van der Waals surface area contributed by atoms with Crippen LogP contribution >= 0.6 is 0 Å². The van der Waals surface area contributed by atoms with E-state index in [1.54, 1.807) is 0 Å². The molecule has 0 rings (SSSR count). The van der Waals surface area contributed by atoms with Gasteiger partial charge in [0.2, 0.25) is 0 Å². The van der Waals surface area contributed by atoms with Gasteiger partial charge in [0.15, 0.2) is 6.29 Å². The van der Waals surface area contributed by atoms with Crippen molar-refractivity contribution in [3.8, 4) is 0 Å². The molecule has 0 aliphatic heterocycles. The maximum absolute atomic E-state index is 9.33. The zero-order valence-electron chi connectivity index (χ0n) is 9.28. The van der Waals surface area contributed by atoms with Crippen molar-refractivity contribution in [2.24, 2.45) is 17.4 Å². The number of hydrogen-bond donors (Lipinski definition) is 5.